The zero-order valence-corrected chi connectivity index (χ0v) is 8.58. The topological polar surface area (TPSA) is 23.8 Å². The molecule has 0 heterocycles. The van der Waals surface area contributed by atoms with Crippen molar-refractivity contribution in [1.29, 1.82) is 5.26 Å². The molecule has 0 fully saturated rings. The van der Waals surface area contributed by atoms with Crippen LogP contribution in [0, 0.1) is 24.1 Å². The molecule has 5 heteroatoms. The average molecular weight is 234 g/mol. The standard InChI is InChI=1S/C10H7ClF3N/c1-6-4-8(11)7(5-9(6)12)10(13,14)2-3-15/h4-5H,2H2,1H3. The van der Waals surface area contributed by atoms with E-state index in [1.807, 2.05) is 0 Å². The quantitative estimate of drug-likeness (QED) is 0.762. The molecular formula is C10H7ClF3N. The van der Waals surface area contributed by atoms with Crippen LogP contribution in [0.1, 0.15) is 17.5 Å². The lowest BCUT2D eigenvalue weighted by molar-refractivity contribution is 0.000753. The monoisotopic (exact) mass is 233 g/mol. The number of nitrogens with zero attached hydrogens (tertiary/aromatic N) is 1. The molecule has 1 rings (SSSR count). The fraction of sp³-hybridized carbons (Fsp3) is 0.300. The number of hydrogen-bond donors (Lipinski definition) is 0. The molecule has 15 heavy (non-hydrogen) atoms. The van der Waals surface area contributed by atoms with E-state index < -0.39 is 23.7 Å². The summed E-state index contributed by atoms with van der Waals surface area (Å²) in [5.41, 5.74) is -0.453. The van der Waals surface area contributed by atoms with Crippen LogP contribution in [0.2, 0.25) is 5.02 Å². The zero-order chi connectivity index (χ0) is 11.6. The Bertz CT molecular complexity index is 423. The SMILES string of the molecule is Cc1cc(Cl)c(C(F)(F)CC#N)cc1F. The maximum absolute atomic E-state index is 13.3. The van der Waals surface area contributed by atoms with Crippen LogP contribution in [0.15, 0.2) is 12.1 Å². The number of aryl methyl sites for hydroxylation is 1. The van der Waals surface area contributed by atoms with E-state index in [-0.39, 0.29) is 10.6 Å². The highest BCUT2D eigenvalue weighted by Gasteiger charge is 2.34. The largest absolute Gasteiger partial charge is 0.287 e. The van der Waals surface area contributed by atoms with E-state index in [1.54, 1.807) is 0 Å². The van der Waals surface area contributed by atoms with Crippen LogP contribution in [-0.4, -0.2) is 0 Å². The van der Waals surface area contributed by atoms with Crippen LogP contribution in [-0.2, 0) is 5.92 Å². The molecule has 0 N–H and O–H groups in total. The Morgan fingerprint density at radius 3 is 2.60 bits per heavy atom. The number of halogens is 4. The van der Waals surface area contributed by atoms with Crippen molar-refractivity contribution in [3.8, 4) is 6.07 Å². The summed E-state index contributed by atoms with van der Waals surface area (Å²) in [6.07, 6.45) is -1.02. The molecular weight excluding hydrogens is 227 g/mol. The number of rotatable bonds is 2. The normalized spacial score (nSPS) is 11.2. The molecule has 0 aliphatic rings. The minimum atomic E-state index is -3.42. The molecule has 1 aromatic carbocycles. The van der Waals surface area contributed by atoms with E-state index >= 15 is 0 Å². The third-order valence-corrected chi connectivity index (χ3v) is 2.26. The molecule has 0 spiro atoms. The summed E-state index contributed by atoms with van der Waals surface area (Å²) < 4.78 is 39.6. The van der Waals surface area contributed by atoms with Gasteiger partial charge in [0.25, 0.3) is 5.92 Å². The van der Waals surface area contributed by atoms with Gasteiger partial charge in [0.2, 0.25) is 0 Å². The maximum Gasteiger partial charge on any atom is 0.287 e. The highest BCUT2D eigenvalue weighted by Crippen LogP contribution is 2.37. The Hall–Kier alpha value is -1.21. The highest BCUT2D eigenvalue weighted by molar-refractivity contribution is 6.31. The molecule has 0 saturated heterocycles. The second-order valence-electron chi connectivity index (χ2n) is 3.12. The van der Waals surface area contributed by atoms with E-state index in [2.05, 4.69) is 0 Å². The minimum absolute atomic E-state index is 0.191. The van der Waals surface area contributed by atoms with Crippen LogP contribution < -0.4 is 0 Å². The van der Waals surface area contributed by atoms with Gasteiger partial charge in [-0.3, -0.25) is 0 Å². The first-order valence-corrected chi connectivity index (χ1v) is 4.47. The molecule has 80 valence electrons. The van der Waals surface area contributed by atoms with Crippen LogP contribution >= 0.6 is 11.6 Å². The Morgan fingerprint density at radius 2 is 2.07 bits per heavy atom. The first-order valence-electron chi connectivity index (χ1n) is 4.09. The molecule has 0 unspecified atom stereocenters. The van der Waals surface area contributed by atoms with Gasteiger partial charge in [-0.2, -0.15) is 5.26 Å². The van der Waals surface area contributed by atoms with E-state index in [1.165, 1.54) is 13.0 Å². The molecule has 1 nitrogen and oxygen atoms in total. The predicted octanol–water partition coefficient (Wildman–Crippen LogP) is 3.79. The van der Waals surface area contributed by atoms with E-state index in [9.17, 15) is 13.2 Å². The van der Waals surface area contributed by atoms with E-state index in [4.69, 9.17) is 16.9 Å². The third-order valence-electron chi connectivity index (χ3n) is 1.94. The van der Waals surface area contributed by atoms with Gasteiger partial charge in [-0.25, -0.2) is 13.2 Å². The Balaban J connectivity index is 3.27. The Morgan fingerprint density at radius 1 is 1.47 bits per heavy atom. The predicted molar refractivity (Wildman–Crippen MR) is 50.3 cm³/mol. The molecule has 1 aromatic rings. The first-order chi connectivity index (χ1) is 6.88. The summed E-state index contributed by atoms with van der Waals surface area (Å²) in [5, 5.41) is 7.98. The van der Waals surface area contributed by atoms with Crippen LogP contribution in [0.25, 0.3) is 0 Å². The van der Waals surface area contributed by atoms with Crippen molar-refractivity contribution in [2.45, 2.75) is 19.3 Å². The lowest BCUT2D eigenvalue weighted by Crippen LogP contribution is -2.13. The van der Waals surface area contributed by atoms with Gasteiger partial charge in [0.1, 0.15) is 12.2 Å². The van der Waals surface area contributed by atoms with Gasteiger partial charge in [0.15, 0.2) is 0 Å². The number of hydrogen-bond acceptors (Lipinski definition) is 1. The van der Waals surface area contributed by atoms with Gasteiger partial charge in [0, 0.05) is 5.56 Å². The molecule has 0 aliphatic heterocycles. The second kappa shape index (κ2) is 4.11. The van der Waals surface area contributed by atoms with Crippen molar-refractivity contribution in [3.05, 3.63) is 34.1 Å². The molecule has 0 aromatic heterocycles. The molecule has 0 bridgehead atoms. The molecule has 0 radical (unpaired) electrons. The Kier molecular flexibility index (Phi) is 3.25. The van der Waals surface area contributed by atoms with Gasteiger partial charge in [-0.1, -0.05) is 11.6 Å². The molecule has 0 saturated carbocycles. The van der Waals surface area contributed by atoms with Gasteiger partial charge in [0.05, 0.1) is 11.1 Å². The molecule has 0 aliphatic carbocycles. The highest BCUT2D eigenvalue weighted by atomic mass is 35.5. The van der Waals surface area contributed by atoms with E-state index in [0.717, 1.165) is 6.07 Å². The van der Waals surface area contributed by atoms with Gasteiger partial charge >= 0.3 is 0 Å². The van der Waals surface area contributed by atoms with Gasteiger partial charge in [-0.15, -0.1) is 0 Å². The van der Waals surface area contributed by atoms with Crippen molar-refractivity contribution < 1.29 is 13.2 Å². The van der Waals surface area contributed by atoms with Gasteiger partial charge in [-0.05, 0) is 24.6 Å². The van der Waals surface area contributed by atoms with Crippen LogP contribution in [0.4, 0.5) is 13.2 Å². The summed E-state index contributed by atoms with van der Waals surface area (Å²) in [6.45, 7) is 1.42. The number of alkyl halides is 2. The average Bonchev–Trinajstić information content (AvgIpc) is 2.11. The van der Waals surface area contributed by atoms with Crippen molar-refractivity contribution >= 4 is 11.6 Å². The Labute approximate surface area is 90.1 Å². The van der Waals surface area contributed by atoms with Gasteiger partial charge < -0.3 is 0 Å². The summed E-state index contributed by atoms with van der Waals surface area (Å²) in [6, 6.07) is 3.13. The van der Waals surface area contributed by atoms with E-state index in [0.29, 0.717) is 6.07 Å². The second-order valence-corrected chi connectivity index (χ2v) is 3.53. The van der Waals surface area contributed by atoms with Crippen molar-refractivity contribution in [1.82, 2.24) is 0 Å². The summed E-state index contributed by atoms with van der Waals surface area (Å²) in [5.74, 6) is -4.17. The minimum Gasteiger partial charge on any atom is -0.207 e. The molecule has 0 atom stereocenters. The lowest BCUT2D eigenvalue weighted by Gasteiger charge is -2.15. The maximum atomic E-state index is 13.3. The number of nitriles is 1. The van der Waals surface area contributed by atoms with Crippen molar-refractivity contribution in [2.75, 3.05) is 0 Å². The first kappa shape index (κ1) is 11.9. The summed E-state index contributed by atoms with van der Waals surface area (Å²) >= 11 is 5.57. The third kappa shape index (κ3) is 2.42. The zero-order valence-electron chi connectivity index (χ0n) is 7.82. The van der Waals surface area contributed by atoms with Crippen molar-refractivity contribution in [3.63, 3.8) is 0 Å². The number of benzene rings is 1. The van der Waals surface area contributed by atoms with Crippen molar-refractivity contribution in [2.24, 2.45) is 0 Å². The summed E-state index contributed by atoms with van der Waals surface area (Å²) in [7, 11) is 0. The fourth-order valence-electron chi connectivity index (χ4n) is 1.12. The van der Waals surface area contributed by atoms with Crippen LogP contribution in [0.3, 0.4) is 0 Å². The lowest BCUT2D eigenvalue weighted by atomic mass is 10.0. The van der Waals surface area contributed by atoms with Crippen LogP contribution in [0.5, 0.6) is 0 Å². The molecule has 0 amide bonds. The fourth-order valence-corrected chi connectivity index (χ4v) is 1.48. The summed E-state index contributed by atoms with van der Waals surface area (Å²) in [4.78, 5) is 0. The smallest absolute Gasteiger partial charge is 0.207 e.